The number of carbonyl (C=O) groups excluding carboxylic acids is 2. The van der Waals surface area contributed by atoms with Gasteiger partial charge in [0.1, 0.15) is 11.5 Å². The lowest BCUT2D eigenvalue weighted by Gasteiger charge is -2.15. The minimum atomic E-state index is -0.171. The predicted molar refractivity (Wildman–Crippen MR) is 119 cm³/mol. The third kappa shape index (κ3) is 6.31. The topological polar surface area (TPSA) is 55.4 Å². The van der Waals surface area contributed by atoms with Crippen molar-refractivity contribution in [2.45, 2.75) is 32.7 Å². The highest BCUT2D eigenvalue weighted by atomic mass is 16.5. The molecule has 30 heavy (non-hydrogen) atoms. The molecule has 0 saturated heterocycles. The van der Waals surface area contributed by atoms with Crippen molar-refractivity contribution in [2.24, 2.45) is 0 Å². The first-order valence-electron chi connectivity index (χ1n) is 10.2. The molecule has 1 N–H and O–H groups in total. The third-order valence-electron chi connectivity index (χ3n) is 4.95. The maximum absolute atomic E-state index is 12.3. The third-order valence-corrected chi connectivity index (χ3v) is 4.95. The van der Waals surface area contributed by atoms with Crippen LogP contribution in [0.2, 0.25) is 0 Å². The van der Waals surface area contributed by atoms with E-state index < -0.39 is 0 Å². The number of ether oxygens (including phenoxy) is 1. The minimum absolute atomic E-state index is 0.0424. The first-order valence-corrected chi connectivity index (χ1v) is 10.2. The van der Waals surface area contributed by atoms with Crippen LogP contribution in [0.3, 0.4) is 0 Å². The lowest BCUT2D eigenvalue weighted by molar-refractivity contribution is -0.123. The molecule has 4 heteroatoms. The molecule has 0 aliphatic rings. The molecular weight excluding hydrogens is 374 g/mol. The lowest BCUT2D eigenvalue weighted by atomic mass is 10.0. The first kappa shape index (κ1) is 21.3. The fourth-order valence-corrected chi connectivity index (χ4v) is 3.18. The van der Waals surface area contributed by atoms with Gasteiger partial charge < -0.3 is 14.8 Å². The van der Waals surface area contributed by atoms with Crippen LogP contribution in [0.15, 0.2) is 78.9 Å². The Balaban J connectivity index is 1.48. The van der Waals surface area contributed by atoms with Crippen molar-refractivity contribution in [2.75, 3.05) is 6.61 Å². The number of amides is 1. The number of hydrogen-bond donors (Lipinski definition) is 1. The molecule has 3 rings (SSSR count). The van der Waals surface area contributed by atoms with Crippen LogP contribution >= 0.6 is 0 Å². The summed E-state index contributed by atoms with van der Waals surface area (Å²) < 4.78 is 5.58. The maximum Gasteiger partial charge on any atom is 0.258 e. The molecule has 0 bridgehead atoms. The van der Waals surface area contributed by atoms with E-state index in [1.165, 1.54) is 5.56 Å². The summed E-state index contributed by atoms with van der Waals surface area (Å²) in [7, 11) is 0. The Morgan fingerprint density at radius 1 is 0.867 bits per heavy atom. The highest BCUT2D eigenvalue weighted by Gasteiger charge is 2.10. The van der Waals surface area contributed by atoms with E-state index in [2.05, 4.69) is 29.6 Å². The summed E-state index contributed by atoms with van der Waals surface area (Å²) in [6.45, 7) is 3.51. The maximum atomic E-state index is 12.3. The van der Waals surface area contributed by atoms with Crippen LogP contribution < -0.4 is 10.1 Å². The van der Waals surface area contributed by atoms with E-state index in [1.54, 1.807) is 6.92 Å². The van der Waals surface area contributed by atoms with Crippen molar-refractivity contribution in [3.05, 3.63) is 90.0 Å². The fraction of sp³-hybridized carbons (Fsp3) is 0.231. The van der Waals surface area contributed by atoms with Gasteiger partial charge in [-0.3, -0.25) is 4.79 Å². The van der Waals surface area contributed by atoms with Gasteiger partial charge in [-0.2, -0.15) is 0 Å². The molecule has 0 aliphatic carbocycles. The molecule has 0 radical (unpaired) electrons. The van der Waals surface area contributed by atoms with Crippen molar-refractivity contribution >= 4 is 11.7 Å². The van der Waals surface area contributed by atoms with E-state index in [0.717, 1.165) is 23.1 Å². The van der Waals surface area contributed by atoms with E-state index >= 15 is 0 Å². The molecule has 154 valence electrons. The van der Waals surface area contributed by atoms with Gasteiger partial charge in [-0.25, -0.2) is 0 Å². The average Bonchev–Trinajstić information content (AvgIpc) is 2.77. The average molecular weight is 402 g/mol. The highest BCUT2D eigenvalue weighted by Crippen LogP contribution is 2.21. The van der Waals surface area contributed by atoms with Crippen molar-refractivity contribution < 1.29 is 14.3 Å². The van der Waals surface area contributed by atoms with Gasteiger partial charge >= 0.3 is 0 Å². The molecule has 0 aliphatic heterocycles. The Kier molecular flexibility index (Phi) is 7.39. The standard InChI is InChI=1S/C26H27NO3/c1-19(28)8-9-21-10-16-25(17-11-21)30-18-26(29)27-20(2)22-12-14-24(15-13-22)23-6-4-3-5-7-23/h3-7,10-17,20H,8-9,18H2,1-2H3,(H,27,29). The molecule has 1 unspecified atom stereocenters. The molecule has 3 aromatic rings. The summed E-state index contributed by atoms with van der Waals surface area (Å²) >= 11 is 0. The van der Waals surface area contributed by atoms with Gasteiger partial charge in [-0.15, -0.1) is 0 Å². The molecule has 0 heterocycles. The quantitative estimate of drug-likeness (QED) is 0.541. The Hall–Kier alpha value is -3.40. The normalized spacial score (nSPS) is 11.5. The summed E-state index contributed by atoms with van der Waals surface area (Å²) in [5.41, 5.74) is 4.43. The summed E-state index contributed by atoms with van der Waals surface area (Å²) in [4.78, 5) is 23.3. The van der Waals surface area contributed by atoms with Crippen LogP contribution in [0.5, 0.6) is 5.75 Å². The smallest absolute Gasteiger partial charge is 0.258 e. The number of nitrogens with one attached hydrogen (secondary N) is 1. The minimum Gasteiger partial charge on any atom is -0.484 e. The van der Waals surface area contributed by atoms with E-state index in [0.29, 0.717) is 12.2 Å². The SMILES string of the molecule is CC(=O)CCc1ccc(OCC(=O)NC(C)c2ccc(-c3ccccc3)cc2)cc1. The van der Waals surface area contributed by atoms with Crippen LogP contribution in [0.1, 0.15) is 37.4 Å². The number of Topliss-reactive ketones (excluding diaryl/α,β-unsaturated/α-hetero) is 1. The van der Waals surface area contributed by atoms with Gasteiger partial charge in [0.25, 0.3) is 5.91 Å². The summed E-state index contributed by atoms with van der Waals surface area (Å²) in [5.74, 6) is 0.641. The van der Waals surface area contributed by atoms with Gasteiger partial charge in [0.15, 0.2) is 6.61 Å². The zero-order valence-electron chi connectivity index (χ0n) is 17.4. The second-order valence-electron chi connectivity index (χ2n) is 7.41. The summed E-state index contributed by atoms with van der Waals surface area (Å²) in [6, 6.07) is 25.8. The molecule has 0 aromatic heterocycles. The van der Waals surface area contributed by atoms with Crippen LogP contribution in [-0.2, 0) is 16.0 Å². The monoisotopic (exact) mass is 401 g/mol. The number of ketones is 1. The predicted octanol–water partition coefficient (Wildman–Crippen LogP) is 5.13. The van der Waals surface area contributed by atoms with Gasteiger partial charge in [0.2, 0.25) is 0 Å². The molecule has 4 nitrogen and oxygen atoms in total. The van der Waals surface area contributed by atoms with E-state index in [-0.39, 0.29) is 24.3 Å². The van der Waals surface area contributed by atoms with Gasteiger partial charge in [-0.1, -0.05) is 66.7 Å². The van der Waals surface area contributed by atoms with E-state index in [4.69, 9.17) is 4.74 Å². The van der Waals surface area contributed by atoms with Gasteiger partial charge in [0.05, 0.1) is 6.04 Å². The summed E-state index contributed by atoms with van der Waals surface area (Å²) in [6.07, 6.45) is 1.25. The fourth-order valence-electron chi connectivity index (χ4n) is 3.18. The summed E-state index contributed by atoms with van der Waals surface area (Å²) in [5, 5.41) is 2.97. The van der Waals surface area contributed by atoms with Crippen LogP contribution in [0.4, 0.5) is 0 Å². The largest absolute Gasteiger partial charge is 0.484 e. The zero-order chi connectivity index (χ0) is 21.3. The van der Waals surface area contributed by atoms with Gasteiger partial charge in [0, 0.05) is 6.42 Å². The molecule has 1 amide bonds. The van der Waals surface area contributed by atoms with Gasteiger partial charge in [-0.05, 0) is 54.7 Å². The second kappa shape index (κ2) is 10.4. The highest BCUT2D eigenvalue weighted by molar-refractivity contribution is 5.78. The van der Waals surface area contributed by atoms with E-state index in [9.17, 15) is 9.59 Å². The Bertz CT molecular complexity index is 963. The van der Waals surface area contributed by atoms with Crippen LogP contribution in [0.25, 0.3) is 11.1 Å². The van der Waals surface area contributed by atoms with Crippen molar-refractivity contribution in [1.82, 2.24) is 5.32 Å². The number of carbonyl (C=O) groups is 2. The Morgan fingerprint density at radius 3 is 2.13 bits per heavy atom. The molecule has 0 spiro atoms. The lowest BCUT2D eigenvalue weighted by Crippen LogP contribution is -2.31. The van der Waals surface area contributed by atoms with Crippen molar-refractivity contribution in [3.63, 3.8) is 0 Å². The number of hydrogen-bond acceptors (Lipinski definition) is 3. The molecule has 0 fully saturated rings. The number of benzene rings is 3. The molecule has 1 atom stereocenters. The molecule has 0 saturated carbocycles. The molecular formula is C26H27NO3. The van der Waals surface area contributed by atoms with Crippen molar-refractivity contribution in [1.29, 1.82) is 0 Å². The number of aryl methyl sites for hydroxylation is 1. The Labute approximate surface area is 177 Å². The van der Waals surface area contributed by atoms with Crippen LogP contribution in [-0.4, -0.2) is 18.3 Å². The van der Waals surface area contributed by atoms with E-state index in [1.807, 2.05) is 61.5 Å². The zero-order valence-corrected chi connectivity index (χ0v) is 17.4. The number of rotatable bonds is 9. The first-order chi connectivity index (χ1) is 14.5. The van der Waals surface area contributed by atoms with Crippen molar-refractivity contribution in [3.8, 4) is 16.9 Å². The second-order valence-corrected chi connectivity index (χ2v) is 7.41. The Morgan fingerprint density at radius 2 is 1.50 bits per heavy atom. The molecule has 3 aromatic carbocycles. The van der Waals surface area contributed by atoms with Crippen LogP contribution in [0, 0.1) is 0 Å².